The van der Waals surface area contributed by atoms with Crippen LogP contribution in [0.3, 0.4) is 0 Å². The number of aromatic nitrogens is 2. The fraction of sp³-hybridized carbons (Fsp3) is 0.286. The summed E-state index contributed by atoms with van der Waals surface area (Å²) >= 11 is 0. The first-order valence-electron chi connectivity index (χ1n) is 6.63. The van der Waals surface area contributed by atoms with E-state index in [1.165, 1.54) is 4.90 Å². The predicted octanol–water partition coefficient (Wildman–Crippen LogP) is 1.81. The molecule has 3 N–H and O–H groups in total. The van der Waals surface area contributed by atoms with E-state index >= 15 is 0 Å². The number of anilines is 1. The second-order valence-electron chi connectivity index (χ2n) is 5.04. The van der Waals surface area contributed by atoms with Gasteiger partial charge in [-0.15, -0.1) is 0 Å². The van der Waals surface area contributed by atoms with Gasteiger partial charge in [-0.2, -0.15) is 18.3 Å². The number of halogens is 3. The molecule has 3 rings (SSSR count). The van der Waals surface area contributed by atoms with Gasteiger partial charge in [-0.3, -0.25) is 4.79 Å². The number of hydrogen-bond donors (Lipinski definition) is 2. The third-order valence-corrected chi connectivity index (χ3v) is 3.78. The summed E-state index contributed by atoms with van der Waals surface area (Å²) in [5.41, 5.74) is 4.77. The van der Waals surface area contributed by atoms with Crippen molar-refractivity contribution in [2.45, 2.75) is 18.8 Å². The number of nitrogens with two attached hydrogens (primary N) is 1. The molecule has 1 aromatic heterocycles. The molecule has 116 valence electrons. The van der Waals surface area contributed by atoms with Crippen LogP contribution in [0.25, 0.3) is 0 Å². The summed E-state index contributed by atoms with van der Waals surface area (Å²) in [6, 6.07) is 6.88. The molecule has 22 heavy (non-hydrogen) atoms. The average Bonchev–Trinajstić information content (AvgIpc) is 2.84. The number of nitrogens with zero attached hydrogens (tertiary/aromatic N) is 2. The van der Waals surface area contributed by atoms with Crippen molar-refractivity contribution < 1.29 is 13.2 Å². The van der Waals surface area contributed by atoms with Crippen LogP contribution in [0.5, 0.6) is 0 Å². The Bertz CT molecular complexity index is 756. The Hall–Kier alpha value is -2.35. The number of fused-ring (bicyclic) bond motifs is 1. The molecular weight excluding hydrogens is 297 g/mol. The third kappa shape index (κ3) is 2.25. The van der Waals surface area contributed by atoms with Crippen LogP contribution in [0.2, 0.25) is 0 Å². The van der Waals surface area contributed by atoms with Crippen LogP contribution in [-0.2, 0) is 12.7 Å². The van der Waals surface area contributed by atoms with Crippen LogP contribution in [0, 0.1) is 0 Å². The van der Waals surface area contributed by atoms with Gasteiger partial charge >= 0.3 is 6.18 Å². The third-order valence-electron chi connectivity index (χ3n) is 3.78. The Morgan fingerprint density at radius 1 is 1.36 bits per heavy atom. The van der Waals surface area contributed by atoms with Crippen LogP contribution in [0.4, 0.5) is 18.9 Å². The van der Waals surface area contributed by atoms with Crippen molar-refractivity contribution in [1.29, 1.82) is 0 Å². The van der Waals surface area contributed by atoms with E-state index in [1.54, 1.807) is 0 Å². The van der Waals surface area contributed by atoms with Crippen LogP contribution in [0.1, 0.15) is 22.7 Å². The summed E-state index contributed by atoms with van der Waals surface area (Å²) in [6.45, 7) is 0.396. The first-order valence-corrected chi connectivity index (χ1v) is 6.63. The van der Waals surface area contributed by atoms with Crippen molar-refractivity contribution in [3.63, 3.8) is 0 Å². The fourth-order valence-corrected chi connectivity index (χ4v) is 2.85. The van der Waals surface area contributed by atoms with Crippen molar-refractivity contribution in [2.75, 3.05) is 11.4 Å². The van der Waals surface area contributed by atoms with Crippen molar-refractivity contribution >= 4 is 5.69 Å². The maximum atomic E-state index is 13.2. The molecule has 0 bridgehead atoms. The summed E-state index contributed by atoms with van der Waals surface area (Å²) in [6.07, 6.45) is -3.74. The number of hydrogen-bond acceptors (Lipinski definition) is 4. The number of nitrogens with one attached hydrogen (secondary N) is 1. The lowest BCUT2D eigenvalue weighted by atomic mass is 10.1. The van der Waals surface area contributed by atoms with Crippen molar-refractivity contribution in [2.24, 2.45) is 5.73 Å². The minimum atomic E-state index is -4.76. The Labute approximate surface area is 123 Å². The zero-order valence-corrected chi connectivity index (χ0v) is 11.4. The SMILES string of the molecule is NCC1c2ccccc2CN1c1cn[nH]c(=O)c1C(F)(F)F. The maximum absolute atomic E-state index is 13.2. The first-order chi connectivity index (χ1) is 10.4. The van der Waals surface area contributed by atoms with Crippen molar-refractivity contribution in [3.8, 4) is 0 Å². The van der Waals surface area contributed by atoms with E-state index in [2.05, 4.69) is 5.10 Å². The van der Waals surface area contributed by atoms with Crippen molar-refractivity contribution in [3.05, 3.63) is 57.5 Å². The van der Waals surface area contributed by atoms with Gasteiger partial charge in [-0.05, 0) is 11.1 Å². The lowest BCUT2D eigenvalue weighted by Gasteiger charge is -2.27. The lowest BCUT2D eigenvalue weighted by molar-refractivity contribution is -0.138. The molecule has 1 unspecified atom stereocenters. The van der Waals surface area contributed by atoms with Gasteiger partial charge in [0, 0.05) is 13.1 Å². The highest BCUT2D eigenvalue weighted by molar-refractivity contribution is 5.58. The molecule has 0 aliphatic carbocycles. The van der Waals surface area contributed by atoms with Gasteiger partial charge in [-0.1, -0.05) is 24.3 Å². The molecule has 0 amide bonds. The van der Waals surface area contributed by atoms with Gasteiger partial charge in [0.05, 0.1) is 17.9 Å². The highest BCUT2D eigenvalue weighted by Gasteiger charge is 2.41. The molecule has 2 heterocycles. The van der Waals surface area contributed by atoms with Gasteiger partial charge in [0.1, 0.15) is 5.56 Å². The summed E-state index contributed by atoms with van der Waals surface area (Å²) in [4.78, 5) is 13.1. The number of alkyl halides is 3. The molecule has 1 aromatic carbocycles. The molecule has 0 spiro atoms. The van der Waals surface area contributed by atoms with Gasteiger partial charge in [0.15, 0.2) is 0 Å². The van der Waals surface area contributed by atoms with E-state index in [4.69, 9.17) is 5.73 Å². The molecule has 1 aliphatic rings. The number of H-pyrrole nitrogens is 1. The van der Waals surface area contributed by atoms with E-state index in [-0.39, 0.29) is 18.8 Å². The summed E-state index contributed by atoms with van der Waals surface area (Å²) in [5, 5.41) is 5.36. The number of rotatable bonds is 2. The Balaban J connectivity index is 2.14. The minimum absolute atomic E-state index is 0.140. The molecule has 0 saturated heterocycles. The predicted molar refractivity (Wildman–Crippen MR) is 74.3 cm³/mol. The van der Waals surface area contributed by atoms with E-state index in [0.717, 1.165) is 17.3 Å². The molecule has 0 radical (unpaired) electrons. The van der Waals surface area contributed by atoms with Gasteiger partial charge in [0.25, 0.3) is 5.56 Å². The lowest BCUT2D eigenvalue weighted by Crippen LogP contribution is -2.33. The quantitative estimate of drug-likeness (QED) is 0.887. The number of benzene rings is 1. The van der Waals surface area contributed by atoms with Crippen LogP contribution >= 0.6 is 0 Å². The van der Waals surface area contributed by atoms with Gasteiger partial charge in [0.2, 0.25) is 0 Å². The highest BCUT2D eigenvalue weighted by Crippen LogP contribution is 2.41. The van der Waals surface area contributed by atoms with Crippen LogP contribution in [0.15, 0.2) is 35.3 Å². The van der Waals surface area contributed by atoms with Gasteiger partial charge in [-0.25, -0.2) is 5.10 Å². The second-order valence-corrected chi connectivity index (χ2v) is 5.04. The molecular formula is C14H13F3N4O. The van der Waals surface area contributed by atoms with Crippen LogP contribution in [-0.4, -0.2) is 16.7 Å². The highest BCUT2D eigenvalue weighted by atomic mass is 19.4. The van der Waals surface area contributed by atoms with Gasteiger partial charge < -0.3 is 10.6 Å². The van der Waals surface area contributed by atoms with E-state index in [0.29, 0.717) is 0 Å². The smallest absolute Gasteiger partial charge is 0.357 e. The molecule has 2 aromatic rings. The summed E-state index contributed by atoms with van der Waals surface area (Å²) < 4.78 is 39.7. The zero-order valence-electron chi connectivity index (χ0n) is 11.4. The Kier molecular flexibility index (Phi) is 3.40. The molecule has 8 heteroatoms. The van der Waals surface area contributed by atoms with Crippen molar-refractivity contribution in [1.82, 2.24) is 10.2 Å². The number of aromatic amines is 1. The second kappa shape index (κ2) is 5.13. The maximum Gasteiger partial charge on any atom is 0.423 e. The standard InChI is InChI=1S/C14H13F3N4O/c15-14(16,17)12-11(6-19-20-13(12)22)21-7-8-3-1-2-4-9(8)10(21)5-18/h1-4,6,10H,5,7,18H2,(H,20,22). The zero-order chi connectivity index (χ0) is 15.9. The first kappa shape index (κ1) is 14.6. The minimum Gasteiger partial charge on any atom is -0.357 e. The van der Waals surface area contributed by atoms with E-state index in [9.17, 15) is 18.0 Å². The topological polar surface area (TPSA) is 75.0 Å². The molecule has 5 nitrogen and oxygen atoms in total. The molecule has 1 aliphatic heterocycles. The Morgan fingerprint density at radius 2 is 2.09 bits per heavy atom. The normalized spacial score (nSPS) is 17.6. The average molecular weight is 310 g/mol. The largest absolute Gasteiger partial charge is 0.423 e. The monoisotopic (exact) mass is 310 g/mol. The van der Waals surface area contributed by atoms with Crippen LogP contribution < -0.4 is 16.2 Å². The Morgan fingerprint density at radius 3 is 2.77 bits per heavy atom. The molecule has 1 atom stereocenters. The molecule has 0 saturated carbocycles. The molecule has 0 fully saturated rings. The van der Waals surface area contributed by atoms with E-state index < -0.39 is 23.3 Å². The summed E-state index contributed by atoms with van der Waals surface area (Å²) in [5.74, 6) is 0. The summed E-state index contributed by atoms with van der Waals surface area (Å²) in [7, 11) is 0. The fourth-order valence-electron chi connectivity index (χ4n) is 2.85. The van der Waals surface area contributed by atoms with E-state index in [1.807, 2.05) is 29.4 Å².